The van der Waals surface area contributed by atoms with Gasteiger partial charge in [-0.15, -0.1) is 0 Å². The zero-order chi connectivity index (χ0) is 13.8. The molecule has 17 heavy (non-hydrogen) atoms. The van der Waals surface area contributed by atoms with E-state index in [2.05, 4.69) is 12.6 Å². The molecule has 1 aliphatic heterocycles. The van der Waals surface area contributed by atoms with Crippen LogP contribution in [0.2, 0.25) is 0 Å². The minimum Gasteiger partial charge on any atom is -0.480 e. The van der Waals surface area contributed by atoms with Crippen molar-refractivity contribution in [3.05, 3.63) is 0 Å². The summed E-state index contributed by atoms with van der Waals surface area (Å²) in [7, 11) is 0. The molecule has 0 aromatic carbocycles. The number of hydrogen-bond acceptors (Lipinski definition) is 6. The maximum atomic E-state index is 10.4. The van der Waals surface area contributed by atoms with Crippen LogP contribution in [0.5, 0.6) is 0 Å². The second kappa shape index (κ2) is 5.78. The Balaban J connectivity index is 0.000000302. The highest BCUT2D eigenvalue weighted by Gasteiger charge is 2.33. The maximum absolute atomic E-state index is 10.4. The van der Waals surface area contributed by atoms with E-state index in [4.69, 9.17) is 10.2 Å². The molecule has 1 aliphatic rings. The number of aliphatic hydroxyl groups excluding tert-OH is 1. The number of aliphatic carboxylic acids is 1. The number of carbonyl (C=O) groups excluding carboxylic acids is 3. The number of Topliss-reactive ketones (excluding diaryl/α,β-unsaturated/α-hetero) is 1. The number of amides is 2. The second-order valence-corrected chi connectivity index (χ2v) is 4.46. The predicted molar refractivity (Wildman–Crippen MR) is 59.5 cm³/mol. The van der Waals surface area contributed by atoms with Gasteiger partial charge >= 0.3 is 5.97 Å². The van der Waals surface area contributed by atoms with E-state index >= 15 is 0 Å². The fraction of sp³-hybridized carbons (Fsp3) is 0.556. The lowest BCUT2D eigenvalue weighted by molar-refractivity contribution is -0.142. The molecule has 0 bridgehead atoms. The van der Waals surface area contributed by atoms with E-state index in [-0.39, 0.29) is 6.42 Å². The molecular formula is C9H13NO6S. The predicted octanol–water partition coefficient (Wildman–Crippen LogP) is -1.26. The Bertz CT molecular complexity index is 348. The van der Waals surface area contributed by atoms with Gasteiger partial charge in [0.25, 0.3) is 5.91 Å². The third-order valence-corrected chi connectivity index (χ3v) is 2.55. The number of ketones is 1. The summed E-state index contributed by atoms with van der Waals surface area (Å²) in [4.78, 5) is 41.0. The monoisotopic (exact) mass is 263 g/mol. The summed E-state index contributed by atoms with van der Waals surface area (Å²) in [5, 5.41) is 18.8. The minimum absolute atomic E-state index is 0.0845. The smallest absolute Gasteiger partial charge is 0.326 e. The fourth-order valence-corrected chi connectivity index (χ4v) is 0.691. The lowest BCUT2D eigenvalue weighted by Gasteiger charge is -2.12. The van der Waals surface area contributed by atoms with Gasteiger partial charge in [-0.2, -0.15) is 12.6 Å². The summed E-state index contributed by atoms with van der Waals surface area (Å²) in [6.07, 6.45) is -1.19. The molecule has 1 rings (SSSR count). The van der Waals surface area contributed by atoms with Crippen molar-refractivity contribution in [1.82, 2.24) is 5.32 Å². The summed E-state index contributed by atoms with van der Waals surface area (Å²) < 4.78 is -1.53. The van der Waals surface area contributed by atoms with Crippen molar-refractivity contribution in [2.75, 3.05) is 0 Å². The molecule has 1 saturated heterocycles. The molecule has 2 amide bonds. The zero-order valence-electron chi connectivity index (χ0n) is 9.26. The zero-order valence-corrected chi connectivity index (χ0v) is 10.2. The van der Waals surface area contributed by atoms with E-state index < -0.39 is 34.4 Å². The van der Waals surface area contributed by atoms with Gasteiger partial charge in [-0.05, 0) is 13.8 Å². The number of imide groups is 1. The average Bonchev–Trinajstić information content (AvgIpc) is 2.44. The summed E-state index contributed by atoms with van der Waals surface area (Å²) >= 11 is 3.63. The van der Waals surface area contributed by atoms with E-state index in [0.717, 1.165) is 0 Å². The van der Waals surface area contributed by atoms with Gasteiger partial charge in [0.05, 0.1) is 6.42 Å². The molecule has 8 heteroatoms. The number of hydrogen-bond donors (Lipinski definition) is 4. The lowest BCUT2D eigenvalue weighted by Crippen LogP contribution is -2.36. The van der Waals surface area contributed by atoms with Gasteiger partial charge in [0, 0.05) is 0 Å². The number of rotatable bonds is 2. The molecule has 2 atom stereocenters. The first kappa shape index (κ1) is 15.6. The van der Waals surface area contributed by atoms with E-state index in [1.807, 2.05) is 5.32 Å². The van der Waals surface area contributed by atoms with Gasteiger partial charge in [-0.1, -0.05) is 0 Å². The standard InChI is InChI=1S/C5H8O3S.C4H5NO3/c1-3(6)5(2,9)4(7)8;6-2-1-3(7)5-4(2)8/h9H,1-2H3,(H,7,8);2,6H,1H2,(H,5,7,8). The SMILES string of the molecule is CC(=O)C(C)(S)C(=O)O.O=C1CC(O)C(=O)N1. The third-order valence-electron chi connectivity index (χ3n) is 2.05. The number of carbonyl (C=O) groups is 4. The first-order valence-electron chi connectivity index (χ1n) is 4.57. The largest absolute Gasteiger partial charge is 0.480 e. The quantitative estimate of drug-likeness (QED) is 0.280. The Morgan fingerprint density at radius 2 is 1.94 bits per heavy atom. The molecule has 96 valence electrons. The molecule has 2 unspecified atom stereocenters. The molecule has 0 saturated carbocycles. The van der Waals surface area contributed by atoms with Gasteiger partial charge in [0.1, 0.15) is 6.10 Å². The Hall–Kier alpha value is -1.41. The molecule has 0 spiro atoms. The molecule has 3 N–H and O–H groups in total. The van der Waals surface area contributed by atoms with Crippen LogP contribution in [-0.2, 0) is 19.2 Å². The Morgan fingerprint density at radius 3 is 2.00 bits per heavy atom. The Kier molecular flexibility index (Phi) is 5.30. The van der Waals surface area contributed by atoms with Crippen molar-refractivity contribution in [2.45, 2.75) is 31.1 Å². The van der Waals surface area contributed by atoms with E-state index in [1.54, 1.807) is 0 Å². The van der Waals surface area contributed by atoms with E-state index in [0.29, 0.717) is 0 Å². The summed E-state index contributed by atoms with van der Waals surface area (Å²) in [5.74, 6) is -2.66. The van der Waals surface area contributed by atoms with Crippen LogP contribution in [0.25, 0.3) is 0 Å². The molecule has 1 heterocycles. The van der Waals surface area contributed by atoms with Crippen molar-refractivity contribution >= 4 is 36.2 Å². The molecule has 7 nitrogen and oxygen atoms in total. The normalized spacial score (nSPS) is 22.0. The molecule has 0 aromatic heterocycles. The lowest BCUT2D eigenvalue weighted by atomic mass is 10.1. The van der Waals surface area contributed by atoms with Crippen LogP contribution in [0.15, 0.2) is 0 Å². The molecule has 0 aromatic rings. The van der Waals surface area contributed by atoms with Crippen molar-refractivity contribution in [2.24, 2.45) is 0 Å². The Labute approximate surface area is 103 Å². The Morgan fingerprint density at radius 1 is 1.47 bits per heavy atom. The van der Waals surface area contributed by atoms with Crippen molar-refractivity contribution in [1.29, 1.82) is 0 Å². The van der Waals surface area contributed by atoms with Crippen LogP contribution < -0.4 is 5.32 Å². The minimum atomic E-state index is -1.53. The van der Waals surface area contributed by atoms with Crippen molar-refractivity contribution < 1.29 is 29.4 Å². The van der Waals surface area contributed by atoms with Crippen molar-refractivity contribution in [3.63, 3.8) is 0 Å². The molecule has 0 radical (unpaired) electrons. The summed E-state index contributed by atoms with van der Waals surface area (Å²) in [6.45, 7) is 2.45. The van der Waals surface area contributed by atoms with Crippen LogP contribution in [0.1, 0.15) is 20.3 Å². The van der Waals surface area contributed by atoms with Crippen LogP contribution in [0.4, 0.5) is 0 Å². The number of aliphatic hydroxyl groups is 1. The van der Waals surface area contributed by atoms with Crippen LogP contribution in [0, 0.1) is 0 Å². The van der Waals surface area contributed by atoms with Crippen LogP contribution >= 0.6 is 12.6 Å². The van der Waals surface area contributed by atoms with Gasteiger partial charge in [0.2, 0.25) is 5.91 Å². The number of carboxylic acids is 1. The average molecular weight is 263 g/mol. The van der Waals surface area contributed by atoms with Gasteiger partial charge in [0.15, 0.2) is 10.5 Å². The summed E-state index contributed by atoms with van der Waals surface area (Å²) in [5.41, 5.74) is 0. The van der Waals surface area contributed by atoms with E-state index in [9.17, 15) is 19.2 Å². The number of thiol groups is 1. The summed E-state index contributed by atoms with van der Waals surface area (Å²) in [6, 6.07) is 0. The van der Waals surface area contributed by atoms with Gasteiger partial charge in [-0.3, -0.25) is 24.5 Å². The maximum Gasteiger partial charge on any atom is 0.326 e. The van der Waals surface area contributed by atoms with E-state index in [1.165, 1.54) is 13.8 Å². The van der Waals surface area contributed by atoms with Gasteiger partial charge < -0.3 is 10.2 Å². The van der Waals surface area contributed by atoms with Crippen molar-refractivity contribution in [3.8, 4) is 0 Å². The third kappa shape index (κ3) is 4.53. The fourth-order valence-electron chi connectivity index (χ4n) is 0.691. The highest BCUT2D eigenvalue weighted by Crippen LogP contribution is 2.13. The van der Waals surface area contributed by atoms with Crippen LogP contribution in [0.3, 0.4) is 0 Å². The number of carboxylic acid groups (broad SMARTS) is 1. The van der Waals surface area contributed by atoms with Crippen LogP contribution in [-0.4, -0.2) is 44.6 Å². The second-order valence-electron chi connectivity index (χ2n) is 3.57. The number of nitrogens with one attached hydrogen (secondary N) is 1. The highest BCUT2D eigenvalue weighted by atomic mass is 32.1. The molecule has 0 aliphatic carbocycles. The molecular weight excluding hydrogens is 250 g/mol. The topological polar surface area (TPSA) is 121 Å². The first-order chi connectivity index (χ1) is 7.59. The molecule has 1 fully saturated rings. The van der Waals surface area contributed by atoms with Gasteiger partial charge in [-0.25, -0.2) is 0 Å². The first-order valence-corrected chi connectivity index (χ1v) is 5.02. The highest BCUT2D eigenvalue weighted by molar-refractivity contribution is 7.83.